The van der Waals surface area contributed by atoms with Crippen LogP contribution < -0.4 is 0 Å². The van der Waals surface area contributed by atoms with E-state index in [9.17, 15) is 23.3 Å². The van der Waals surface area contributed by atoms with Crippen molar-refractivity contribution in [2.45, 2.75) is 103 Å². The van der Waals surface area contributed by atoms with Gasteiger partial charge in [-0.3, -0.25) is 14.9 Å². The quantitative estimate of drug-likeness (QED) is 0.0413. The van der Waals surface area contributed by atoms with E-state index < -0.39 is 37.7 Å². The molecule has 0 saturated carbocycles. The zero-order chi connectivity index (χ0) is 32.3. The number of allylic oxidation sites excluding steroid dienone is 5. The topological polar surface area (TPSA) is 116 Å². The highest BCUT2D eigenvalue weighted by Gasteiger charge is 2.34. The van der Waals surface area contributed by atoms with Crippen LogP contribution in [-0.2, 0) is 24.3 Å². The summed E-state index contributed by atoms with van der Waals surface area (Å²) >= 11 is 5.58. The molecule has 1 rings (SSSR count). The molecule has 0 saturated heterocycles. The molecular weight excluding hydrogens is 592 g/mol. The van der Waals surface area contributed by atoms with Gasteiger partial charge < -0.3 is 9.47 Å². The van der Waals surface area contributed by atoms with Gasteiger partial charge in [0.05, 0.1) is 11.0 Å². The number of unbranched alkanes of at least 4 members (excludes halogenated alkanes) is 1. The van der Waals surface area contributed by atoms with Crippen LogP contribution in [0.25, 0.3) is 0 Å². The number of sulfonamides is 1. The first-order chi connectivity index (χ1) is 20.5. The highest BCUT2D eigenvalue weighted by molar-refractivity contribution is 7.89. The fourth-order valence-corrected chi connectivity index (χ4v) is 6.30. The average molecular weight is 641 g/mol. The van der Waals surface area contributed by atoms with E-state index >= 15 is 0 Å². The zero-order valence-corrected chi connectivity index (χ0v) is 27.8. The number of amides is 1. The molecule has 9 nitrogen and oxygen atoms in total. The van der Waals surface area contributed by atoms with Gasteiger partial charge in [-0.1, -0.05) is 81.3 Å². The predicted molar refractivity (Wildman–Crippen MR) is 172 cm³/mol. The number of rotatable bonds is 22. The Bertz CT molecular complexity index is 1170. The maximum atomic E-state index is 13.7. The van der Waals surface area contributed by atoms with Crippen LogP contribution in [-0.4, -0.2) is 49.1 Å². The van der Waals surface area contributed by atoms with Crippen LogP contribution in [0.1, 0.15) is 86.0 Å². The van der Waals surface area contributed by atoms with Crippen LogP contribution in [0.5, 0.6) is 0 Å². The molecule has 0 radical (unpaired) electrons. The van der Waals surface area contributed by atoms with E-state index in [4.69, 9.17) is 21.1 Å². The van der Waals surface area contributed by atoms with E-state index in [1.165, 1.54) is 23.7 Å². The lowest BCUT2D eigenvalue weighted by molar-refractivity contribution is -0.387. The molecule has 242 valence electrons. The molecule has 0 bridgehead atoms. The Morgan fingerprint density at radius 2 is 1.74 bits per heavy atom. The van der Waals surface area contributed by atoms with E-state index in [-0.39, 0.29) is 30.9 Å². The Morgan fingerprint density at radius 1 is 1.05 bits per heavy atom. The molecule has 1 amide bonds. The Hall–Kier alpha value is -2.53. The number of benzene rings is 1. The van der Waals surface area contributed by atoms with Gasteiger partial charge >= 0.3 is 0 Å². The molecule has 0 fully saturated rings. The van der Waals surface area contributed by atoms with Gasteiger partial charge in [-0.05, 0) is 70.3 Å². The van der Waals surface area contributed by atoms with Gasteiger partial charge in [-0.2, -0.15) is 0 Å². The first kappa shape index (κ1) is 38.5. The number of hydrogen-bond donors (Lipinski definition) is 0. The lowest BCUT2D eigenvalue weighted by atomic mass is 9.90. The van der Waals surface area contributed by atoms with Crippen molar-refractivity contribution in [2.24, 2.45) is 11.8 Å². The van der Waals surface area contributed by atoms with Gasteiger partial charge in [0, 0.05) is 31.2 Å². The summed E-state index contributed by atoms with van der Waals surface area (Å²) in [6, 6.07) is 5.13. The van der Waals surface area contributed by atoms with Crippen molar-refractivity contribution in [1.29, 1.82) is 0 Å². The van der Waals surface area contributed by atoms with Crippen molar-refractivity contribution >= 4 is 33.2 Å². The normalized spacial score (nSPS) is 15.2. The monoisotopic (exact) mass is 640 g/mol. The minimum Gasteiger partial charge on any atom is -0.353 e. The first-order valence-corrected chi connectivity index (χ1v) is 17.0. The summed E-state index contributed by atoms with van der Waals surface area (Å²) < 4.78 is 40.1. The van der Waals surface area contributed by atoms with E-state index in [1.54, 1.807) is 6.08 Å². The Labute approximate surface area is 263 Å². The van der Waals surface area contributed by atoms with E-state index in [0.29, 0.717) is 25.9 Å². The number of halogens is 1. The van der Waals surface area contributed by atoms with Gasteiger partial charge in [0.2, 0.25) is 5.91 Å². The van der Waals surface area contributed by atoms with Crippen LogP contribution in [0.15, 0.2) is 65.1 Å². The fraction of sp³-hybridized carbons (Fsp3) is 0.594. The second-order valence-corrected chi connectivity index (χ2v) is 12.7. The van der Waals surface area contributed by atoms with Gasteiger partial charge in [-0.25, -0.2) is 12.7 Å². The molecule has 0 N–H and O–H groups in total. The third-order valence-electron chi connectivity index (χ3n) is 7.03. The summed E-state index contributed by atoms with van der Waals surface area (Å²) in [4.78, 5) is 23.7. The maximum absolute atomic E-state index is 13.7. The number of hydrogen-bond acceptors (Lipinski definition) is 7. The highest BCUT2D eigenvalue weighted by atomic mass is 35.5. The molecule has 43 heavy (non-hydrogen) atoms. The second kappa shape index (κ2) is 21.2. The minimum absolute atomic E-state index is 0.0169. The molecule has 11 heteroatoms. The van der Waals surface area contributed by atoms with Crippen LogP contribution in [0.4, 0.5) is 5.69 Å². The number of carbonyl (C=O) groups excluding carboxylic acids is 1. The Balaban J connectivity index is 3.15. The van der Waals surface area contributed by atoms with Crippen molar-refractivity contribution in [3.63, 3.8) is 0 Å². The number of para-hydroxylation sites is 1. The summed E-state index contributed by atoms with van der Waals surface area (Å²) in [5, 5.41) is 11.6. The second-order valence-electron chi connectivity index (χ2n) is 10.6. The van der Waals surface area contributed by atoms with Crippen molar-refractivity contribution in [3.05, 3.63) is 70.3 Å². The molecule has 1 aromatic carbocycles. The molecule has 0 heterocycles. The molecule has 0 spiro atoms. The minimum atomic E-state index is -4.47. The molecule has 1 aromatic rings. The smallest absolute Gasteiger partial charge is 0.289 e. The first-order valence-electron chi connectivity index (χ1n) is 15.1. The lowest BCUT2D eigenvalue weighted by Crippen LogP contribution is -2.38. The number of nitrogens with zero attached hydrogens (tertiary/aromatic N) is 2. The Kier molecular flexibility index (Phi) is 19.0. The van der Waals surface area contributed by atoms with Crippen LogP contribution in [0.3, 0.4) is 0 Å². The number of nitro benzene ring substituents is 1. The molecule has 0 aliphatic carbocycles. The van der Waals surface area contributed by atoms with Crippen LogP contribution >= 0.6 is 11.6 Å². The number of ether oxygens (including phenoxy) is 2. The molecule has 4 atom stereocenters. The summed E-state index contributed by atoms with van der Waals surface area (Å²) in [5.41, 5.74) is 0.893. The van der Waals surface area contributed by atoms with Crippen LogP contribution in [0.2, 0.25) is 0 Å². The summed E-state index contributed by atoms with van der Waals surface area (Å²) in [7, 11) is -4.47. The van der Waals surface area contributed by atoms with Crippen molar-refractivity contribution in [2.75, 3.05) is 13.2 Å². The van der Waals surface area contributed by atoms with Crippen molar-refractivity contribution in [1.82, 2.24) is 4.31 Å². The van der Waals surface area contributed by atoms with Gasteiger partial charge in [0.1, 0.15) is 0 Å². The predicted octanol–water partition coefficient (Wildman–Crippen LogP) is 8.16. The summed E-state index contributed by atoms with van der Waals surface area (Å²) in [5.74, 6) is -0.426. The molecular formula is C32H49ClN2O7S. The molecule has 0 aromatic heterocycles. The van der Waals surface area contributed by atoms with E-state index in [1.807, 2.05) is 52.0 Å². The van der Waals surface area contributed by atoms with E-state index in [0.717, 1.165) is 36.1 Å². The molecule has 0 aliphatic heterocycles. The molecule has 2 unspecified atom stereocenters. The Morgan fingerprint density at radius 3 is 2.40 bits per heavy atom. The van der Waals surface area contributed by atoms with Gasteiger partial charge in [0.15, 0.2) is 11.2 Å². The SMILES string of the molecule is CCC/C=C/CCC(=O)N(CC[C@@H](C)CC(OC(C)OCC)[C@H](C)CC/C=C/C=C/Cl)S(=O)(=O)c1ccccc1[N+](=O)[O-]. The largest absolute Gasteiger partial charge is 0.353 e. The zero-order valence-electron chi connectivity index (χ0n) is 26.2. The van der Waals surface area contributed by atoms with Crippen LogP contribution in [0, 0.1) is 22.0 Å². The third kappa shape index (κ3) is 14.2. The highest BCUT2D eigenvalue weighted by Crippen LogP contribution is 2.29. The number of nitro groups is 1. The van der Waals surface area contributed by atoms with Gasteiger partial charge in [0.25, 0.3) is 15.7 Å². The fourth-order valence-electron chi connectivity index (χ4n) is 4.61. The van der Waals surface area contributed by atoms with Crippen molar-refractivity contribution in [3.8, 4) is 0 Å². The standard InChI is InChI=1S/C32H49ClN2O7S/c1-6-8-9-10-14-21-32(36)34(43(39,40)31-20-16-15-19-29(31)35(37)38)24-22-26(3)25-30(42-28(5)41-7-2)27(4)18-13-11-12-17-23-33/h9-12,15-17,19-20,23,26-28,30H,6-8,13-14,18,21-22,24-25H2,1-5H3/b10-9+,12-11+,23-17+/t26-,27-,28?,30?/m1/s1. The number of carbonyl (C=O) groups is 1. The van der Waals surface area contributed by atoms with Gasteiger partial charge in [-0.15, -0.1) is 0 Å². The summed E-state index contributed by atoms with van der Waals surface area (Å²) in [6.07, 6.45) is 13.8. The average Bonchev–Trinajstić information content (AvgIpc) is 2.96. The van der Waals surface area contributed by atoms with Crippen molar-refractivity contribution < 1.29 is 27.6 Å². The summed E-state index contributed by atoms with van der Waals surface area (Å²) in [6.45, 7) is 10.3. The lowest BCUT2D eigenvalue weighted by Gasteiger charge is -2.30. The van der Waals surface area contributed by atoms with E-state index in [2.05, 4.69) is 6.92 Å². The third-order valence-corrected chi connectivity index (χ3v) is 9.04. The molecule has 0 aliphatic rings. The maximum Gasteiger partial charge on any atom is 0.289 e.